The van der Waals surface area contributed by atoms with Gasteiger partial charge in [-0.3, -0.25) is 9.78 Å². The number of aromatic amines is 1. The summed E-state index contributed by atoms with van der Waals surface area (Å²) in [6, 6.07) is 5.12. The minimum Gasteiger partial charge on any atom is -0.396 e. The van der Waals surface area contributed by atoms with Crippen LogP contribution in [0.2, 0.25) is 0 Å². The molecule has 0 radical (unpaired) electrons. The second-order valence-electron chi connectivity index (χ2n) is 5.39. The summed E-state index contributed by atoms with van der Waals surface area (Å²) < 4.78 is 28.1. The molecule has 1 saturated heterocycles. The Morgan fingerprint density at radius 2 is 2.27 bits per heavy atom. The van der Waals surface area contributed by atoms with Crippen LogP contribution in [0.5, 0.6) is 0 Å². The third-order valence-corrected chi connectivity index (χ3v) is 4.42. The Kier molecular flexibility index (Phi) is 3.90. The number of hydrogen-bond donors (Lipinski definition) is 2. The molecule has 0 amide bonds. The molecule has 0 spiro atoms. The van der Waals surface area contributed by atoms with Gasteiger partial charge in [-0.15, -0.1) is 0 Å². The average Bonchev–Trinajstić information content (AvgIpc) is 2.47. The lowest BCUT2D eigenvalue weighted by molar-refractivity contribution is -0.0881. The number of alkyl halides is 2. The van der Waals surface area contributed by atoms with Gasteiger partial charge in [-0.05, 0) is 18.2 Å². The first-order valence-corrected chi connectivity index (χ1v) is 7.63. The lowest BCUT2D eigenvalue weighted by Gasteiger charge is -2.37. The molecule has 118 valence electrons. The number of nitrogens with one attached hydrogen (secondary N) is 1. The maximum Gasteiger partial charge on any atom is 0.260 e. The topological polar surface area (TPSA) is 69.2 Å². The van der Waals surface area contributed by atoms with E-state index in [1.807, 2.05) is 0 Å². The van der Waals surface area contributed by atoms with E-state index in [1.165, 1.54) is 0 Å². The van der Waals surface area contributed by atoms with Gasteiger partial charge in [0, 0.05) is 24.0 Å². The quantitative estimate of drug-likeness (QED) is 0.845. The molecule has 0 bridgehead atoms. The maximum atomic E-state index is 13.7. The number of fused-ring (bicyclic) bond motifs is 1. The Hall–Kier alpha value is -1.54. The van der Waals surface area contributed by atoms with Gasteiger partial charge in [0.15, 0.2) is 0 Å². The molecular formula is C14H14BrF2N3O2. The molecule has 1 aliphatic heterocycles. The normalized spacial score (nSPS) is 21.3. The van der Waals surface area contributed by atoms with Crippen LogP contribution in [0.15, 0.2) is 27.5 Å². The van der Waals surface area contributed by atoms with E-state index in [2.05, 4.69) is 25.9 Å². The van der Waals surface area contributed by atoms with Gasteiger partial charge in [-0.25, -0.2) is 13.8 Å². The molecule has 1 unspecified atom stereocenters. The first-order chi connectivity index (χ1) is 10.4. The number of H-pyrrole nitrogens is 1. The van der Waals surface area contributed by atoms with Crippen LogP contribution in [-0.2, 0) is 0 Å². The molecule has 3 rings (SSSR count). The largest absolute Gasteiger partial charge is 0.396 e. The predicted molar refractivity (Wildman–Crippen MR) is 82.4 cm³/mol. The van der Waals surface area contributed by atoms with Crippen molar-refractivity contribution in [1.82, 2.24) is 9.97 Å². The van der Waals surface area contributed by atoms with Crippen molar-refractivity contribution in [3.05, 3.63) is 33.0 Å². The minimum absolute atomic E-state index is 0.0471. The summed E-state index contributed by atoms with van der Waals surface area (Å²) in [5.74, 6) is -3.80. The number of aliphatic hydroxyl groups is 1. The molecule has 2 aromatic rings. The zero-order chi connectivity index (χ0) is 15.9. The maximum absolute atomic E-state index is 13.7. The molecule has 1 atom stereocenters. The minimum atomic E-state index is -2.90. The number of piperidine rings is 1. The van der Waals surface area contributed by atoms with Gasteiger partial charge in [0.05, 0.1) is 23.4 Å². The van der Waals surface area contributed by atoms with Crippen molar-refractivity contribution in [3.63, 3.8) is 0 Å². The van der Waals surface area contributed by atoms with Crippen LogP contribution in [-0.4, -0.2) is 40.7 Å². The molecule has 1 aromatic heterocycles. The van der Waals surface area contributed by atoms with Gasteiger partial charge < -0.3 is 10.0 Å². The van der Waals surface area contributed by atoms with Crippen LogP contribution in [0.1, 0.15) is 6.42 Å². The van der Waals surface area contributed by atoms with Crippen molar-refractivity contribution >= 4 is 32.8 Å². The highest BCUT2D eigenvalue weighted by molar-refractivity contribution is 9.10. The number of hydrogen-bond acceptors (Lipinski definition) is 4. The van der Waals surface area contributed by atoms with Gasteiger partial charge in [-0.2, -0.15) is 0 Å². The monoisotopic (exact) mass is 373 g/mol. The highest BCUT2D eigenvalue weighted by Gasteiger charge is 2.44. The molecule has 0 aliphatic carbocycles. The molecule has 1 fully saturated rings. The number of halogens is 3. The third kappa shape index (κ3) is 2.72. The molecule has 5 nitrogen and oxygen atoms in total. The van der Waals surface area contributed by atoms with Crippen LogP contribution in [0.3, 0.4) is 0 Å². The second-order valence-corrected chi connectivity index (χ2v) is 6.30. The van der Waals surface area contributed by atoms with Crippen molar-refractivity contribution in [1.29, 1.82) is 0 Å². The molecule has 8 heteroatoms. The first-order valence-electron chi connectivity index (χ1n) is 6.84. The van der Waals surface area contributed by atoms with E-state index in [9.17, 15) is 13.6 Å². The van der Waals surface area contributed by atoms with Crippen LogP contribution in [0.25, 0.3) is 10.9 Å². The Balaban J connectivity index is 1.97. The van der Waals surface area contributed by atoms with Crippen molar-refractivity contribution in [2.45, 2.75) is 12.3 Å². The van der Waals surface area contributed by atoms with Gasteiger partial charge in [0.25, 0.3) is 11.5 Å². The lowest BCUT2D eigenvalue weighted by Crippen LogP contribution is -2.49. The smallest absolute Gasteiger partial charge is 0.260 e. The molecule has 2 heterocycles. The van der Waals surface area contributed by atoms with Gasteiger partial charge in [-0.1, -0.05) is 15.9 Å². The van der Waals surface area contributed by atoms with E-state index in [0.717, 1.165) is 4.47 Å². The Bertz CT molecular complexity index is 765. The number of anilines is 1. The zero-order valence-corrected chi connectivity index (χ0v) is 13.1. The summed E-state index contributed by atoms with van der Waals surface area (Å²) in [6.45, 7) is -0.572. The van der Waals surface area contributed by atoms with Gasteiger partial charge >= 0.3 is 0 Å². The van der Waals surface area contributed by atoms with E-state index >= 15 is 0 Å². The predicted octanol–water partition coefficient (Wildman–Crippen LogP) is 2.14. The van der Waals surface area contributed by atoms with E-state index in [0.29, 0.717) is 10.9 Å². The fourth-order valence-electron chi connectivity index (χ4n) is 2.61. The first kappa shape index (κ1) is 15.4. The SMILES string of the molecule is O=c1[nH]c(N2CCC(F)(F)C(CO)C2)nc2ccc(Br)cc12. The molecule has 22 heavy (non-hydrogen) atoms. The number of aromatic nitrogens is 2. The summed E-state index contributed by atoms with van der Waals surface area (Å²) >= 11 is 3.29. The van der Waals surface area contributed by atoms with Crippen molar-refractivity contribution in [2.75, 3.05) is 24.6 Å². The highest BCUT2D eigenvalue weighted by atomic mass is 79.9. The van der Waals surface area contributed by atoms with E-state index in [-0.39, 0.29) is 31.0 Å². The van der Waals surface area contributed by atoms with Crippen molar-refractivity contribution in [3.8, 4) is 0 Å². The van der Waals surface area contributed by atoms with E-state index in [4.69, 9.17) is 5.11 Å². The van der Waals surface area contributed by atoms with E-state index in [1.54, 1.807) is 23.1 Å². The van der Waals surface area contributed by atoms with Crippen LogP contribution in [0.4, 0.5) is 14.7 Å². The summed E-state index contributed by atoms with van der Waals surface area (Å²) in [5, 5.41) is 9.57. The summed E-state index contributed by atoms with van der Waals surface area (Å²) in [7, 11) is 0. The van der Waals surface area contributed by atoms with Gasteiger partial charge in [0.1, 0.15) is 0 Å². The highest BCUT2D eigenvalue weighted by Crippen LogP contribution is 2.34. The number of aliphatic hydroxyl groups excluding tert-OH is 1. The molecule has 1 aromatic carbocycles. The molecular weight excluding hydrogens is 360 g/mol. The van der Waals surface area contributed by atoms with Gasteiger partial charge in [0.2, 0.25) is 5.95 Å². The van der Waals surface area contributed by atoms with Crippen molar-refractivity contribution in [2.24, 2.45) is 5.92 Å². The van der Waals surface area contributed by atoms with Crippen LogP contribution in [0, 0.1) is 5.92 Å². The van der Waals surface area contributed by atoms with E-state index < -0.39 is 18.4 Å². The average molecular weight is 374 g/mol. The number of nitrogens with zero attached hydrogens (tertiary/aromatic N) is 2. The standard InChI is InChI=1S/C14H14BrF2N3O2/c15-9-1-2-11-10(5-9)12(22)19-13(18-11)20-4-3-14(16,17)8(6-20)7-21/h1-2,5,8,21H,3-4,6-7H2,(H,18,19,22). The molecule has 2 N–H and O–H groups in total. The Labute approximate surface area is 133 Å². The summed E-state index contributed by atoms with van der Waals surface area (Å²) in [5.41, 5.74) is 0.180. The molecule has 0 saturated carbocycles. The Morgan fingerprint density at radius 3 is 3.00 bits per heavy atom. The summed E-state index contributed by atoms with van der Waals surface area (Å²) in [4.78, 5) is 20.7. The summed E-state index contributed by atoms with van der Waals surface area (Å²) in [6.07, 6.45) is -0.375. The van der Waals surface area contributed by atoms with Crippen LogP contribution < -0.4 is 10.5 Å². The number of benzene rings is 1. The fourth-order valence-corrected chi connectivity index (χ4v) is 2.97. The Morgan fingerprint density at radius 1 is 1.50 bits per heavy atom. The lowest BCUT2D eigenvalue weighted by atomic mass is 9.94. The number of rotatable bonds is 2. The van der Waals surface area contributed by atoms with Crippen LogP contribution >= 0.6 is 15.9 Å². The third-order valence-electron chi connectivity index (χ3n) is 3.93. The fraction of sp³-hybridized carbons (Fsp3) is 0.429. The van der Waals surface area contributed by atoms with Crippen molar-refractivity contribution < 1.29 is 13.9 Å². The second kappa shape index (κ2) is 5.58. The zero-order valence-electron chi connectivity index (χ0n) is 11.5. The molecule has 1 aliphatic rings.